The average molecular weight is 264 g/mol. The number of rotatable bonds is 4. The maximum Gasteiger partial charge on any atom is 0.257 e. The van der Waals surface area contributed by atoms with Crippen LogP contribution in [0.3, 0.4) is 0 Å². The van der Waals surface area contributed by atoms with Gasteiger partial charge < -0.3 is 15.1 Å². The van der Waals surface area contributed by atoms with Crippen LogP contribution in [0.15, 0.2) is 18.3 Å². The third-order valence-corrected chi connectivity index (χ3v) is 3.48. The molecule has 6 heteroatoms. The highest BCUT2D eigenvalue weighted by molar-refractivity contribution is 5.98. The van der Waals surface area contributed by atoms with E-state index in [9.17, 15) is 4.79 Å². The number of hydrazine groups is 1. The fourth-order valence-corrected chi connectivity index (χ4v) is 2.40. The summed E-state index contributed by atoms with van der Waals surface area (Å²) in [5, 5.41) is 0. The van der Waals surface area contributed by atoms with Crippen LogP contribution in [0.25, 0.3) is 0 Å². The standard InChI is InChI=1S/C13H20N4O2/c1-19-9-10-4-7-17(8-5-10)13(18)11-3-2-6-15-12(11)16-14/h2-3,6,10H,4-5,7-9,14H2,1H3,(H,15,16). The summed E-state index contributed by atoms with van der Waals surface area (Å²) in [7, 11) is 1.71. The van der Waals surface area contributed by atoms with E-state index in [1.165, 1.54) is 0 Å². The van der Waals surface area contributed by atoms with E-state index in [4.69, 9.17) is 10.6 Å². The quantitative estimate of drug-likeness (QED) is 0.623. The first kappa shape index (κ1) is 13.8. The number of aromatic nitrogens is 1. The molecule has 2 rings (SSSR count). The largest absolute Gasteiger partial charge is 0.384 e. The second-order valence-corrected chi connectivity index (χ2v) is 4.73. The number of hydrogen-bond donors (Lipinski definition) is 2. The number of nitrogens with two attached hydrogens (primary N) is 1. The number of nitrogens with one attached hydrogen (secondary N) is 1. The van der Waals surface area contributed by atoms with Crippen LogP contribution in [0.5, 0.6) is 0 Å². The van der Waals surface area contributed by atoms with Crippen molar-refractivity contribution in [2.24, 2.45) is 11.8 Å². The third kappa shape index (κ3) is 3.21. The van der Waals surface area contributed by atoms with E-state index < -0.39 is 0 Å². The van der Waals surface area contributed by atoms with E-state index in [2.05, 4.69) is 10.4 Å². The summed E-state index contributed by atoms with van der Waals surface area (Å²) >= 11 is 0. The van der Waals surface area contributed by atoms with Crippen molar-refractivity contribution < 1.29 is 9.53 Å². The van der Waals surface area contributed by atoms with Crippen LogP contribution in [0.4, 0.5) is 5.82 Å². The van der Waals surface area contributed by atoms with Gasteiger partial charge in [-0.3, -0.25) is 4.79 Å². The van der Waals surface area contributed by atoms with Gasteiger partial charge in [-0.2, -0.15) is 0 Å². The highest BCUT2D eigenvalue weighted by atomic mass is 16.5. The monoisotopic (exact) mass is 264 g/mol. The number of carbonyl (C=O) groups is 1. The SMILES string of the molecule is COCC1CCN(C(=O)c2cccnc2NN)CC1. The smallest absolute Gasteiger partial charge is 0.257 e. The molecule has 1 aromatic rings. The Kier molecular flexibility index (Phi) is 4.70. The van der Waals surface area contributed by atoms with E-state index in [0.717, 1.165) is 32.5 Å². The van der Waals surface area contributed by atoms with Crippen molar-refractivity contribution in [2.45, 2.75) is 12.8 Å². The van der Waals surface area contributed by atoms with Gasteiger partial charge in [-0.25, -0.2) is 10.8 Å². The predicted octanol–water partition coefficient (Wildman–Crippen LogP) is 0.866. The van der Waals surface area contributed by atoms with E-state index in [1.807, 2.05) is 4.90 Å². The topological polar surface area (TPSA) is 80.5 Å². The summed E-state index contributed by atoms with van der Waals surface area (Å²) in [6, 6.07) is 3.48. The Hall–Kier alpha value is -1.66. The van der Waals surface area contributed by atoms with Gasteiger partial charge in [0.25, 0.3) is 5.91 Å². The number of nitrogens with zero attached hydrogens (tertiary/aromatic N) is 2. The average Bonchev–Trinajstić information content (AvgIpc) is 2.47. The number of hydrogen-bond acceptors (Lipinski definition) is 5. The Balaban J connectivity index is 2.01. The van der Waals surface area contributed by atoms with Crippen molar-refractivity contribution >= 4 is 11.7 Å². The van der Waals surface area contributed by atoms with Gasteiger partial charge in [0, 0.05) is 33.0 Å². The second kappa shape index (κ2) is 6.49. The minimum absolute atomic E-state index is 0.0167. The third-order valence-electron chi connectivity index (χ3n) is 3.48. The Morgan fingerprint density at radius 3 is 2.95 bits per heavy atom. The lowest BCUT2D eigenvalue weighted by atomic mass is 9.97. The zero-order valence-corrected chi connectivity index (χ0v) is 11.1. The second-order valence-electron chi connectivity index (χ2n) is 4.73. The van der Waals surface area contributed by atoms with E-state index >= 15 is 0 Å². The Morgan fingerprint density at radius 1 is 1.58 bits per heavy atom. The van der Waals surface area contributed by atoms with Crippen molar-refractivity contribution in [1.82, 2.24) is 9.88 Å². The van der Waals surface area contributed by atoms with Gasteiger partial charge in [-0.05, 0) is 30.9 Å². The molecule has 1 saturated heterocycles. The molecule has 0 atom stereocenters. The van der Waals surface area contributed by atoms with Gasteiger partial charge in [0.05, 0.1) is 5.56 Å². The Bertz CT molecular complexity index is 430. The van der Waals surface area contributed by atoms with Crippen molar-refractivity contribution in [1.29, 1.82) is 0 Å². The number of likely N-dealkylation sites (tertiary alicyclic amines) is 1. The van der Waals surface area contributed by atoms with Crippen molar-refractivity contribution in [3.05, 3.63) is 23.9 Å². The summed E-state index contributed by atoms with van der Waals surface area (Å²) in [5.74, 6) is 6.34. The van der Waals surface area contributed by atoms with Crippen molar-refractivity contribution in [2.75, 3.05) is 32.2 Å². The van der Waals surface area contributed by atoms with E-state index in [-0.39, 0.29) is 5.91 Å². The summed E-state index contributed by atoms with van der Waals surface area (Å²) in [6.07, 6.45) is 3.56. The number of pyridine rings is 1. The number of anilines is 1. The molecule has 1 fully saturated rings. The summed E-state index contributed by atoms with van der Waals surface area (Å²) in [6.45, 7) is 2.28. The molecular weight excluding hydrogens is 244 g/mol. The first-order chi connectivity index (χ1) is 9.26. The van der Waals surface area contributed by atoms with Crippen LogP contribution in [0.1, 0.15) is 23.2 Å². The lowest BCUT2D eigenvalue weighted by Crippen LogP contribution is -2.39. The summed E-state index contributed by atoms with van der Waals surface area (Å²) in [4.78, 5) is 18.3. The Morgan fingerprint density at radius 2 is 2.32 bits per heavy atom. The molecule has 0 spiro atoms. The molecule has 1 amide bonds. The number of piperidine rings is 1. The van der Waals surface area contributed by atoms with Crippen LogP contribution in [-0.4, -0.2) is 42.6 Å². The number of amides is 1. The van der Waals surface area contributed by atoms with Crippen LogP contribution in [0, 0.1) is 5.92 Å². The van der Waals surface area contributed by atoms with Crippen molar-refractivity contribution in [3.63, 3.8) is 0 Å². The Labute approximate surface area is 112 Å². The zero-order valence-electron chi connectivity index (χ0n) is 11.1. The summed E-state index contributed by atoms with van der Waals surface area (Å²) < 4.78 is 5.16. The molecule has 1 aliphatic heterocycles. The molecule has 1 aliphatic rings. The maximum atomic E-state index is 12.4. The maximum absolute atomic E-state index is 12.4. The van der Waals surface area contributed by atoms with Gasteiger partial charge in [-0.15, -0.1) is 0 Å². The van der Waals surface area contributed by atoms with Gasteiger partial charge in [0.1, 0.15) is 0 Å². The predicted molar refractivity (Wildman–Crippen MR) is 72.6 cm³/mol. The van der Waals surface area contributed by atoms with Crippen LogP contribution in [0.2, 0.25) is 0 Å². The van der Waals surface area contributed by atoms with Gasteiger partial charge >= 0.3 is 0 Å². The molecular formula is C13H20N4O2. The lowest BCUT2D eigenvalue weighted by Gasteiger charge is -2.31. The number of ether oxygens (including phenoxy) is 1. The van der Waals surface area contributed by atoms with Crippen LogP contribution in [-0.2, 0) is 4.74 Å². The normalized spacial score (nSPS) is 16.4. The molecule has 0 saturated carbocycles. The number of carbonyl (C=O) groups excluding carboxylic acids is 1. The first-order valence-electron chi connectivity index (χ1n) is 6.46. The first-order valence-corrected chi connectivity index (χ1v) is 6.46. The lowest BCUT2D eigenvalue weighted by molar-refractivity contribution is 0.0614. The molecule has 0 radical (unpaired) electrons. The minimum atomic E-state index is -0.0167. The number of nitrogen functional groups attached to an aromatic ring is 1. The highest BCUT2D eigenvalue weighted by Gasteiger charge is 2.25. The molecule has 0 unspecified atom stereocenters. The van der Waals surface area contributed by atoms with Crippen molar-refractivity contribution in [3.8, 4) is 0 Å². The molecule has 0 bridgehead atoms. The molecule has 0 aromatic carbocycles. The summed E-state index contributed by atoms with van der Waals surface area (Å²) in [5.41, 5.74) is 2.99. The zero-order chi connectivity index (χ0) is 13.7. The highest BCUT2D eigenvalue weighted by Crippen LogP contribution is 2.21. The van der Waals surface area contributed by atoms with Gasteiger partial charge in [0.2, 0.25) is 0 Å². The fraction of sp³-hybridized carbons (Fsp3) is 0.538. The van der Waals surface area contributed by atoms with Gasteiger partial charge in [0.15, 0.2) is 5.82 Å². The fourth-order valence-electron chi connectivity index (χ4n) is 2.40. The number of methoxy groups -OCH3 is 1. The minimum Gasteiger partial charge on any atom is -0.384 e. The molecule has 19 heavy (non-hydrogen) atoms. The van der Waals surface area contributed by atoms with Crippen LogP contribution < -0.4 is 11.3 Å². The molecule has 1 aromatic heterocycles. The molecule has 6 nitrogen and oxygen atoms in total. The van der Waals surface area contributed by atoms with Gasteiger partial charge in [-0.1, -0.05) is 0 Å². The molecule has 0 aliphatic carbocycles. The van der Waals surface area contributed by atoms with Crippen LogP contribution >= 0.6 is 0 Å². The molecule has 104 valence electrons. The molecule has 3 N–H and O–H groups in total. The molecule has 2 heterocycles. The van der Waals surface area contributed by atoms with E-state index in [0.29, 0.717) is 17.3 Å². The van der Waals surface area contributed by atoms with E-state index in [1.54, 1.807) is 25.4 Å².